The van der Waals surface area contributed by atoms with Gasteiger partial charge in [-0.3, -0.25) is 19.2 Å². The lowest BCUT2D eigenvalue weighted by Gasteiger charge is -2.47. The van der Waals surface area contributed by atoms with Crippen LogP contribution < -0.4 is 16.0 Å². The molecule has 0 saturated carbocycles. The first-order valence-corrected chi connectivity index (χ1v) is 11.7. The van der Waals surface area contributed by atoms with Gasteiger partial charge in [0.05, 0.1) is 40.7 Å². The van der Waals surface area contributed by atoms with Gasteiger partial charge in [0.2, 0.25) is 0 Å². The van der Waals surface area contributed by atoms with E-state index in [0.29, 0.717) is 0 Å². The van der Waals surface area contributed by atoms with Gasteiger partial charge < -0.3 is 14.5 Å². The molecule has 10 nitrogen and oxygen atoms in total. The highest BCUT2D eigenvalue weighted by Crippen LogP contribution is 2.32. The summed E-state index contributed by atoms with van der Waals surface area (Å²) in [5.74, 6) is 0. The van der Waals surface area contributed by atoms with E-state index >= 15 is 0 Å². The third-order valence-electron chi connectivity index (χ3n) is 7.09. The normalized spacial score (nSPS) is 19.8. The Morgan fingerprint density at radius 2 is 2.00 bits per heavy atom. The van der Waals surface area contributed by atoms with Gasteiger partial charge in [-0.05, 0) is 38.5 Å². The number of H-pyrrole nitrogens is 1. The van der Waals surface area contributed by atoms with Crippen molar-refractivity contribution in [3.8, 4) is 6.07 Å². The second-order valence-electron chi connectivity index (χ2n) is 9.39. The van der Waals surface area contributed by atoms with Crippen LogP contribution in [-0.4, -0.2) is 54.4 Å². The fourth-order valence-electron chi connectivity index (χ4n) is 5.15. The Morgan fingerprint density at radius 3 is 2.77 bits per heavy atom. The lowest BCUT2D eigenvalue weighted by molar-refractivity contribution is 0.119. The average Bonchev–Trinajstić information content (AvgIpc) is 3.26. The van der Waals surface area contributed by atoms with Crippen LogP contribution in [0.2, 0.25) is 0 Å². The Morgan fingerprint density at radius 1 is 1.20 bits per heavy atom. The second-order valence-corrected chi connectivity index (χ2v) is 9.39. The summed E-state index contributed by atoms with van der Waals surface area (Å²) in [6.45, 7) is 8.21. The fourth-order valence-corrected chi connectivity index (χ4v) is 5.15. The predicted octanol–water partition coefficient (Wildman–Crippen LogP) is 2.16. The Kier molecular flexibility index (Phi) is 5.65. The van der Waals surface area contributed by atoms with E-state index in [1.54, 1.807) is 28.6 Å². The molecule has 1 fully saturated rings. The number of benzene rings is 1. The quantitative estimate of drug-likeness (QED) is 0.484. The number of fused-ring (bicyclic) bond motifs is 2. The molecule has 3 aromatic heterocycles. The molecular formula is C25H28N8O2. The van der Waals surface area contributed by atoms with Crippen molar-refractivity contribution in [2.75, 3.05) is 18.0 Å². The van der Waals surface area contributed by atoms with Crippen LogP contribution in [0.15, 0.2) is 46.2 Å². The van der Waals surface area contributed by atoms with Gasteiger partial charge in [-0.15, -0.1) is 0 Å². The van der Waals surface area contributed by atoms with Crippen molar-refractivity contribution < 1.29 is 0 Å². The summed E-state index contributed by atoms with van der Waals surface area (Å²) in [6.07, 6.45) is 3.07. The van der Waals surface area contributed by atoms with Gasteiger partial charge in [0, 0.05) is 44.3 Å². The highest BCUT2D eigenvalue weighted by atomic mass is 16.1. The number of pyridine rings is 1. The third kappa shape index (κ3) is 3.98. The number of anilines is 1. The molecule has 0 aliphatic carbocycles. The number of hydrogen-bond acceptors (Lipinski definition) is 7. The molecule has 35 heavy (non-hydrogen) atoms. The minimum atomic E-state index is -0.209. The van der Waals surface area contributed by atoms with Gasteiger partial charge in [0.25, 0.3) is 11.1 Å². The lowest BCUT2D eigenvalue weighted by Crippen LogP contribution is -2.57. The zero-order valence-electron chi connectivity index (χ0n) is 20.3. The number of nitriles is 1. The summed E-state index contributed by atoms with van der Waals surface area (Å²) >= 11 is 0. The zero-order valence-corrected chi connectivity index (χ0v) is 20.3. The minimum Gasteiger partial charge on any atom is -0.364 e. The van der Waals surface area contributed by atoms with Crippen LogP contribution in [0, 0.1) is 11.3 Å². The van der Waals surface area contributed by atoms with Gasteiger partial charge in [-0.2, -0.15) is 10.4 Å². The van der Waals surface area contributed by atoms with E-state index in [1.807, 2.05) is 18.2 Å². The molecule has 0 radical (unpaired) electrons. The number of rotatable bonds is 4. The van der Waals surface area contributed by atoms with Gasteiger partial charge in [-0.25, -0.2) is 4.98 Å². The molecule has 1 aromatic carbocycles. The summed E-state index contributed by atoms with van der Waals surface area (Å²) in [5.41, 5.74) is 4.59. The largest absolute Gasteiger partial charge is 0.364 e. The zero-order chi connectivity index (χ0) is 24.9. The summed E-state index contributed by atoms with van der Waals surface area (Å²) in [6, 6.07) is 10.2. The van der Waals surface area contributed by atoms with Crippen molar-refractivity contribution in [1.29, 1.82) is 5.26 Å². The van der Waals surface area contributed by atoms with Gasteiger partial charge in [0.15, 0.2) is 0 Å². The molecule has 1 N–H and O–H groups in total. The van der Waals surface area contributed by atoms with Crippen LogP contribution in [0.25, 0.3) is 22.1 Å². The molecule has 0 amide bonds. The van der Waals surface area contributed by atoms with Crippen molar-refractivity contribution in [2.45, 2.75) is 45.4 Å². The van der Waals surface area contributed by atoms with Crippen LogP contribution in [-0.2, 0) is 13.6 Å². The van der Waals surface area contributed by atoms with Crippen molar-refractivity contribution in [3.63, 3.8) is 0 Å². The van der Waals surface area contributed by atoms with E-state index in [9.17, 15) is 9.59 Å². The lowest BCUT2D eigenvalue weighted by atomic mass is 10.00. The molecule has 4 aromatic rings. The van der Waals surface area contributed by atoms with E-state index in [0.717, 1.165) is 46.4 Å². The maximum Gasteiger partial charge on any atom is 0.266 e. The number of nitrogens with one attached hydrogen (secondary N) is 1. The number of aromatic amines is 1. The molecule has 4 heterocycles. The molecule has 3 atom stereocenters. The topological polar surface area (TPSA) is 116 Å². The number of piperazine rings is 1. The monoisotopic (exact) mass is 472 g/mol. The Bertz CT molecular complexity index is 1580. The highest BCUT2D eigenvalue weighted by Gasteiger charge is 2.34. The number of hydrogen-bond donors (Lipinski definition) is 1. The molecule has 1 saturated heterocycles. The Balaban J connectivity index is 1.45. The predicted molar refractivity (Wildman–Crippen MR) is 134 cm³/mol. The maximum atomic E-state index is 12.7. The molecule has 0 spiro atoms. The van der Waals surface area contributed by atoms with Crippen LogP contribution >= 0.6 is 0 Å². The molecule has 1 aliphatic rings. The smallest absolute Gasteiger partial charge is 0.266 e. The van der Waals surface area contributed by atoms with E-state index in [2.05, 4.69) is 51.7 Å². The van der Waals surface area contributed by atoms with E-state index < -0.39 is 0 Å². The highest BCUT2D eigenvalue weighted by molar-refractivity contribution is 5.88. The van der Waals surface area contributed by atoms with Gasteiger partial charge in [-0.1, -0.05) is 6.07 Å². The van der Waals surface area contributed by atoms with Crippen LogP contribution in [0.3, 0.4) is 0 Å². The first-order valence-electron chi connectivity index (χ1n) is 11.7. The van der Waals surface area contributed by atoms with Crippen LogP contribution in [0.4, 0.5) is 5.69 Å². The van der Waals surface area contributed by atoms with Gasteiger partial charge >= 0.3 is 0 Å². The maximum absolute atomic E-state index is 12.7. The number of aryl methyl sites for hydroxylation is 1. The van der Waals surface area contributed by atoms with Gasteiger partial charge in [0.1, 0.15) is 12.1 Å². The standard InChI is InChI=1S/C25H28N8O2/c1-15-13-33(21-10-24(35)30(4)22-14-31(8-7-26)29-25(21)22)16(2)12-32(15)17(3)18-5-6-19-20(9-18)27-11-23(34)28-19/h5-6,9-11,14-17H,8,12-13H2,1-4H3,(H,28,34)/t15-,16+,17?/m1/s1. The minimum absolute atomic E-state index is 0.0960. The van der Waals surface area contributed by atoms with Crippen molar-refractivity contribution >= 4 is 27.8 Å². The van der Waals surface area contributed by atoms with Crippen molar-refractivity contribution in [2.24, 2.45) is 7.05 Å². The molecule has 5 rings (SSSR count). The second kappa shape index (κ2) is 8.67. The SMILES string of the molecule is CC(c1ccc2[nH]c(=O)cnc2c1)N1C[C@H](C)N(c2cc(=O)n(C)c3cn(CC#N)nc23)C[C@H]1C. The summed E-state index contributed by atoms with van der Waals surface area (Å²) in [5, 5.41) is 13.7. The molecule has 0 bridgehead atoms. The Hall–Kier alpha value is -3.97. The first kappa shape index (κ1) is 22.8. The van der Waals surface area contributed by atoms with E-state index in [1.165, 1.54) is 6.20 Å². The Labute approximate surface area is 202 Å². The summed E-state index contributed by atoms with van der Waals surface area (Å²) in [4.78, 5) is 36.1. The van der Waals surface area contributed by atoms with E-state index in [-0.39, 0.29) is 35.8 Å². The number of nitrogens with zero attached hydrogens (tertiary/aromatic N) is 7. The number of aromatic nitrogens is 5. The summed E-state index contributed by atoms with van der Waals surface area (Å²) in [7, 11) is 1.73. The molecule has 10 heteroatoms. The summed E-state index contributed by atoms with van der Waals surface area (Å²) < 4.78 is 3.16. The molecular weight excluding hydrogens is 444 g/mol. The fraction of sp³-hybridized carbons (Fsp3) is 0.400. The molecule has 1 unspecified atom stereocenters. The van der Waals surface area contributed by atoms with Crippen LogP contribution in [0.5, 0.6) is 0 Å². The third-order valence-corrected chi connectivity index (χ3v) is 7.09. The molecule has 180 valence electrons. The first-order chi connectivity index (χ1) is 16.8. The van der Waals surface area contributed by atoms with Crippen molar-refractivity contribution in [3.05, 3.63) is 62.9 Å². The van der Waals surface area contributed by atoms with E-state index in [4.69, 9.17) is 5.26 Å². The molecule has 1 aliphatic heterocycles. The van der Waals surface area contributed by atoms with Crippen molar-refractivity contribution in [1.82, 2.24) is 29.2 Å². The van der Waals surface area contributed by atoms with Crippen LogP contribution in [0.1, 0.15) is 32.4 Å². The average molecular weight is 473 g/mol.